The SMILES string of the molecule is Cc1cc(Cl)cc(C(=O)Nc2nc3c(COCCN(C)C)cc(C(F)(F)F)cc3s2)c1O. The number of carbonyl (C=O) groups is 1. The highest BCUT2D eigenvalue weighted by molar-refractivity contribution is 7.22. The number of likely N-dealkylation sites (N-methyl/N-ethyl adjacent to an activating group) is 1. The van der Waals surface area contributed by atoms with Crippen LogP contribution < -0.4 is 5.32 Å². The molecule has 2 N–H and O–H groups in total. The first-order valence-corrected chi connectivity index (χ1v) is 10.7. The first-order valence-electron chi connectivity index (χ1n) is 9.49. The Morgan fingerprint density at radius 2 is 2.00 bits per heavy atom. The van der Waals surface area contributed by atoms with Crippen LogP contribution in [0, 0.1) is 6.92 Å². The summed E-state index contributed by atoms with van der Waals surface area (Å²) in [7, 11) is 3.72. The highest BCUT2D eigenvalue weighted by Gasteiger charge is 2.32. The van der Waals surface area contributed by atoms with Gasteiger partial charge in [0.25, 0.3) is 5.91 Å². The van der Waals surface area contributed by atoms with Gasteiger partial charge >= 0.3 is 6.18 Å². The number of anilines is 1. The molecule has 0 radical (unpaired) electrons. The van der Waals surface area contributed by atoms with Crippen molar-refractivity contribution in [2.24, 2.45) is 0 Å². The Morgan fingerprint density at radius 1 is 1.28 bits per heavy atom. The highest BCUT2D eigenvalue weighted by atomic mass is 35.5. The number of amides is 1. The minimum Gasteiger partial charge on any atom is -0.507 e. The first-order chi connectivity index (χ1) is 15.0. The number of nitrogens with zero attached hydrogens (tertiary/aromatic N) is 2. The van der Waals surface area contributed by atoms with Crippen LogP contribution in [-0.2, 0) is 17.5 Å². The number of carbonyl (C=O) groups excluding carboxylic acids is 1. The van der Waals surface area contributed by atoms with E-state index in [9.17, 15) is 23.1 Å². The molecule has 172 valence electrons. The molecule has 0 atom stereocenters. The number of halogens is 4. The van der Waals surface area contributed by atoms with Crippen molar-refractivity contribution in [3.8, 4) is 5.75 Å². The van der Waals surface area contributed by atoms with Gasteiger partial charge in [0.1, 0.15) is 5.75 Å². The number of hydrogen-bond donors (Lipinski definition) is 2. The van der Waals surface area contributed by atoms with Crippen molar-refractivity contribution >= 4 is 44.2 Å². The number of alkyl halides is 3. The Kier molecular flexibility index (Phi) is 7.29. The zero-order valence-corrected chi connectivity index (χ0v) is 19.1. The van der Waals surface area contributed by atoms with Crippen LogP contribution in [0.1, 0.15) is 27.0 Å². The van der Waals surface area contributed by atoms with E-state index in [4.69, 9.17) is 16.3 Å². The molecule has 3 rings (SSSR count). The number of phenolic OH excluding ortho intramolecular Hbond substituents is 1. The lowest BCUT2D eigenvalue weighted by Gasteiger charge is -2.12. The molecule has 6 nitrogen and oxygen atoms in total. The number of fused-ring (bicyclic) bond motifs is 1. The number of hydrogen-bond acceptors (Lipinski definition) is 6. The van der Waals surface area contributed by atoms with Crippen LogP contribution in [0.5, 0.6) is 5.75 Å². The molecule has 0 fully saturated rings. The molecule has 3 aromatic rings. The van der Waals surface area contributed by atoms with E-state index in [0.717, 1.165) is 23.5 Å². The number of phenols is 1. The van der Waals surface area contributed by atoms with E-state index in [1.54, 1.807) is 6.92 Å². The van der Waals surface area contributed by atoms with E-state index in [1.807, 2.05) is 19.0 Å². The number of aromatic nitrogens is 1. The number of aromatic hydroxyl groups is 1. The smallest absolute Gasteiger partial charge is 0.416 e. The van der Waals surface area contributed by atoms with Crippen LogP contribution in [0.4, 0.5) is 18.3 Å². The Hall–Kier alpha value is -2.40. The van der Waals surface area contributed by atoms with Crippen molar-refractivity contribution in [1.82, 2.24) is 9.88 Å². The van der Waals surface area contributed by atoms with Gasteiger partial charge in [-0.2, -0.15) is 13.2 Å². The topological polar surface area (TPSA) is 74.7 Å². The second-order valence-electron chi connectivity index (χ2n) is 7.43. The predicted octanol–water partition coefficient (Wildman–Crippen LogP) is 5.31. The number of ether oxygens (including phenoxy) is 1. The van der Waals surface area contributed by atoms with Gasteiger partial charge < -0.3 is 14.7 Å². The summed E-state index contributed by atoms with van der Waals surface area (Å²) in [6.45, 7) is 2.49. The summed E-state index contributed by atoms with van der Waals surface area (Å²) in [6.07, 6.45) is -4.54. The predicted molar refractivity (Wildman–Crippen MR) is 119 cm³/mol. The number of thiazole rings is 1. The molecule has 0 saturated heterocycles. The van der Waals surface area contributed by atoms with Crippen LogP contribution in [0.25, 0.3) is 10.2 Å². The van der Waals surface area contributed by atoms with Gasteiger partial charge in [0.05, 0.1) is 34.6 Å². The van der Waals surface area contributed by atoms with Gasteiger partial charge in [-0.15, -0.1) is 0 Å². The lowest BCUT2D eigenvalue weighted by molar-refractivity contribution is -0.137. The first kappa shape index (κ1) is 24.2. The highest BCUT2D eigenvalue weighted by Crippen LogP contribution is 2.37. The zero-order valence-electron chi connectivity index (χ0n) is 17.5. The van der Waals surface area contributed by atoms with Gasteiger partial charge in [-0.3, -0.25) is 10.1 Å². The Labute approximate surface area is 191 Å². The minimum atomic E-state index is -4.54. The molecule has 0 aliphatic rings. The number of rotatable bonds is 7. The second-order valence-corrected chi connectivity index (χ2v) is 8.89. The third kappa shape index (κ3) is 5.69. The molecule has 1 aromatic heterocycles. The summed E-state index contributed by atoms with van der Waals surface area (Å²) >= 11 is 6.87. The molecule has 0 unspecified atom stereocenters. The van der Waals surface area contributed by atoms with Crippen molar-refractivity contribution in [2.75, 3.05) is 32.6 Å². The second kappa shape index (κ2) is 9.62. The lowest BCUT2D eigenvalue weighted by Crippen LogP contribution is -2.18. The average Bonchev–Trinajstić information content (AvgIpc) is 3.09. The minimum absolute atomic E-state index is 0.0559. The normalized spacial score (nSPS) is 12.0. The Morgan fingerprint density at radius 3 is 2.66 bits per heavy atom. The maximum absolute atomic E-state index is 13.4. The van der Waals surface area contributed by atoms with Crippen LogP contribution in [0.2, 0.25) is 5.02 Å². The summed E-state index contributed by atoms with van der Waals surface area (Å²) in [6, 6.07) is 4.81. The largest absolute Gasteiger partial charge is 0.507 e. The van der Waals surface area contributed by atoms with Crippen LogP contribution in [-0.4, -0.2) is 48.1 Å². The molecule has 11 heteroatoms. The average molecular weight is 488 g/mol. The van der Waals surface area contributed by atoms with E-state index in [1.165, 1.54) is 12.1 Å². The molecular weight excluding hydrogens is 467 g/mol. The Bertz CT molecular complexity index is 1150. The molecule has 1 heterocycles. The maximum atomic E-state index is 13.4. The zero-order chi connectivity index (χ0) is 23.6. The van der Waals surface area contributed by atoms with Crippen molar-refractivity contribution in [2.45, 2.75) is 19.7 Å². The third-order valence-electron chi connectivity index (χ3n) is 4.57. The summed E-state index contributed by atoms with van der Waals surface area (Å²) < 4.78 is 45.9. The van der Waals surface area contributed by atoms with Crippen molar-refractivity contribution in [3.05, 3.63) is 51.5 Å². The van der Waals surface area contributed by atoms with Crippen molar-refractivity contribution in [1.29, 1.82) is 0 Å². The van der Waals surface area contributed by atoms with Crippen molar-refractivity contribution in [3.63, 3.8) is 0 Å². The number of benzene rings is 2. The molecule has 0 aliphatic heterocycles. The van der Waals surface area contributed by atoms with Crippen LogP contribution in [0.15, 0.2) is 24.3 Å². The quantitative estimate of drug-likeness (QED) is 0.442. The van der Waals surface area contributed by atoms with E-state index < -0.39 is 17.6 Å². The fraction of sp³-hybridized carbons (Fsp3) is 0.333. The lowest BCUT2D eigenvalue weighted by atomic mass is 10.1. The molecule has 0 saturated carbocycles. The summed E-state index contributed by atoms with van der Waals surface area (Å²) in [5.74, 6) is -0.908. The van der Waals surface area contributed by atoms with Crippen LogP contribution >= 0.6 is 22.9 Å². The molecular formula is C21H21ClF3N3O3S. The van der Waals surface area contributed by atoms with E-state index in [2.05, 4.69) is 10.3 Å². The summed E-state index contributed by atoms with van der Waals surface area (Å²) in [5.41, 5.74) is 0.124. The number of nitrogens with one attached hydrogen (secondary N) is 1. The molecule has 32 heavy (non-hydrogen) atoms. The van der Waals surface area contributed by atoms with Gasteiger partial charge in [0.15, 0.2) is 5.13 Å². The van der Waals surface area contributed by atoms with Gasteiger partial charge in [-0.1, -0.05) is 22.9 Å². The van der Waals surface area contributed by atoms with E-state index >= 15 is 0 Å². The van der Waals surface area contributed by atoms with Gasteiger partial charge in [-0.25, -0.2) is 4.98 Å². The molecule has 1 amide bonds. The van der Waals surface area contributed by atoms with E-state index in [-0.39, 0.29) is 38.3 Å². The monoisotopic (exact) mass is 487 g/mol. The van der Waals surface area contributed by atoms with Gasteiger partial charge in [0, 0.05) is 17.1 Å². The van der Waals surface area contributed by atoms with E-state index in [0.29, 0.717) is 24.2 Å². The fourth-order valence-corrected chi connectivity index (χ4v) is 4.15. The maximum Gasteiger partial charge on any atom is 0.416 e. The Balaban J connectivity index is 1.92. The summed E-state index contributed by atoms with van der Waals surface area (Å²) in [5, 5.41) is 13.0. The van der Waals surface area contributed by atoms with Crippen LogP contribution in [0.3, 0.4) is 0 Å². The van der Waals surface area contributed by atoms with Gasteiger partial charge in [0.2, 0.25) is 0 Å². The van der Waals surface area contributed by atoms with Gasteiger partial charge in [-0.05, 0) is 50.8 Å². The standard InChI is InChI=1S/C21H21ClF3N3O3S/c1-11-6-14(22)9-15(18(11)29)19(30)27-20-26-17-12(10-31-5-4-28(2)3)7-13(21(23,24)25)8-16(17)32-20/h6-9,29H,4-5,10H2,1-3H3,(H,26,27,30). The molecule has 0 bridgehead atoms. The third-order valence-corrected chi connectivity index (χ3v) is 5.71. The number of aryl methyl sites for hydroxylation is 1. The molecule has 0 aliphatic carbocycles. The van der Waals surface area contributed by atoms with Crippen molar-refractivity contribution < 1.29 is 27.8 Å². The molecule has 0 spiro atoms. The molecule has 2 aromatic carbocycles. The summed E-state index contributed by atoms with van der Waals surface area (Å²) in [4.78, 5) is 18.8. The fourth-order valence-electron chi connectivity index (χ4n) is 2.93.